The number of benzene rings is 2. The van der Waals surface area contributed by atoms with Crippen molar-refractivity contribution in [1.29, 1.82) is 0 Å². The Labute approximate surface area is 184 Å². The van der Waals surface area contributed by atoms with Gasteiger partial charge in [-0.15, -0.1) is 0 Å². The minimum absolute atomic E-state index is 0.0703. The van der Waals surface area contributed by atoms with E-state index in [1.807, 2.05) is 31.2 Å². The molecule has 31 heavy (non-hydrogen) atoms. The molecule has 2 atom stereocenters. The Bertz CT molecular complexity index is 1020. The molecule has 3 aromatic rings. The Kier molecular flexibility index (Phi) is 6.58. The second kappa shape index (κ2) is 9.00. The highest BCUT2D eigenvalue weighted by atomic mass is 16.4. The van der Waals surface area contributed by atoms with E-state index in [4.69, 9.17) is 4.42 Å². The second-order valence-electron chi connectivity index (χ2n) is 9.19. The zero-order valence-electron chi connectivity index (χ0n) is 19.3. The van der Waals surface area contributed by atoms with Crippen molar-refractivity contribution >= 4 is 34.5 Å². The number of aliphatic carboxylic acids is 1. The van der Waals surface area contributed by atoms with E-state index >= 15 is 0 Å². The van der Waals surface area contributed by atoms with E-state index in [-0.39, 0.29) is 11.5 Å². The minimum atomic E-state index is -0.749. The molecule has 0 spiro atoms. The third-order valence-electron chi connectivity index (χ3n) is 6.08. The van der Waals surface area contributed by atoms with Crippen molar-refractivity contribution in [1.82, 2.24) is 4.98 Å². The van der Waals surface area contributed by atoms with Gasteiger partial charge in [0.05, 0.1) is 17.3 Å². The van der Waals surface area contributed by atoms with Crippen LogP contribution in [-0.4, -0.2) is 28.6 Å². The van der Waals surface area contributed by atoms with E-state index in [1.165, 1.54) is 0 Å². The van der Waals surface area contributed by atoms with Gasteiger partial charge in [-0.1, -0.05) is 38.5 Å². The van der Waals surface area contributed by atoms with Gasteiger partial charge in [-0.2, -0.15) is 4.98 Å². The molecule has 0 aliphatic rings. The van der Waals surface area contributed by atoms with Gasteiger partial charge in [0.15, 0.2) is 5.58 Å². The molecule has 0 radical (unpaired) electrons. The van der Waals surface area contributed by atoms with Crippen LogP contribution in [0.3, 0.4) is 0 Å². The monoisotopic (exact) mass is 423 g/mol. The van der Waals surface area contributed by atoms with Crippen molar-refractivity contribution in [2.24, 2.45) is 11.8 Å². The van der Waals surface area contributed by atoms with Crippen molar-refractivity contribution in [3.63, 3.8) is 0 Å². The first-order valence-electron chi connectivity index (χ1n) is 10.8. The van der Waals surface area contributed by atoms with Crippen LogP contribution in [0.4, 0.5) is 17.4 Å². The van der Waals surface area contributed by atoms with Crippen LogP contribution in [0.2, 0.25) is 0 Å². The van der Waals surface area contributed by atoms with Crippen molar-refractivity contribution < 1.29 is 14.3 Å². The number of anilines is 3. The number of nitrogens with zero attached hydrogens (tertiary/aromatic N) is 2. The van der Waals surface area contributed by atoms with Gasteiger partial charge >= 0.3 is 5.97 Å². The number of fused-ring (bicyclic) bond motifs is 1. The Morgan fingerprint density at radius 3 is 2.55 bits per heavy atom. The number of hydrogen-bond donors (Lipinski definition) is 2. The maximum absolute atomic E-state index is 11.5. The Hall–Kier alpha value is -3.02. The summed E-state index contributed by atoms with van der Waals surface area (Å²) in [5, 5.41) is 12.8. The van der Waals surface area contributed by atoms with Gasteiger partial charge in [0.1, 0.15) is 5.52 Å². The fourth-order valence-electron chi connectivity index (χ4n) is 3.68. The standard InChI is InChI=1S/C25H33N3O3/c1-7-18(16(2)23(29)30)14-17-12-13-21(28(6)25(3,4)5)20(15-17)27-24-26-19-10-8-9-11-22(19)31-24/h8-13,15-16,18H,7,14H2,1-6H3,(H,26,27)(H,29,30). The summed E-state index contributed by atoms with van der Waals surface area (Å²) in [5.74, 6) is -1.07. The second-order valence-corrected chi connectivity index (χ2v) is 9.19. The molecule has 2 aromatic carbocycles. The van der Waals surface area contributed by atoms with Gasteiger partial charge in [0.25, 0.3) is 6.01 Å². The van der Waals surface area contributed by atoms with Gasteiger partial charge in [0.2, 0.25) is 0 Å². The van der Waals surface area contributed by atoms with E-state index in [2.05, 4.69) is 61.2 Å². The molecule has 1 aromatic heterocycles. The van der Waals surface area contributed by atoms with Crippen molar-refractivity contribution in [2.45, 2.75) is 53.0 Å². The summed E-state index contributed by atoms with van der Waals surface area (Å²) in [6.45, 7) is 10.3. The van der Waals surface area contributed by atoms with Crippen LogP contribution in [0.15, 0.2) is 46.9 Å². The number of oxazole rings is 1. The largest absolute Gasteiger partial charge is 0.481 e. The summed E-state index contributed by atoms with van der Waals surface area (Å²) < 4.78 is 5.89. The first-order valence-corrected chi connectivity index (χ1v) is 10.8. The Balaban J connectivity index is 1.97. The number of hydrogen-bond acceptors (Lipinski definition) is 5. The first kappa shape index (κ1) is 22.7. The lowest BCUT2D eigenvalue weighted by molar-refractivity contribution is -0.143. The molecular weight excluding hydrogens is 390 g/mol. The predicted molar refractivity (Wildman–Crippen MR) is 126 cm³/mol. The highest BCUT2D eigenvalue weighted by Crippen LogP contribution is 2.35. The predicted octanol–water partition coefficient (Wildman–Crippen LogP) is 6.10. The average Bonchev–Trinajstić information content (AvgIpc) is 3.12. The summed E-state index contributed by atoms with van der Waals surface area (Å²) in [6.07, 6.45) is 1.51. The molecule has 6 heteroatoms. The summed E-state index contributed by atoms with van der Waals surface area (Å²) >= 11 is 0. The molecule has 0 fully saturated rings. The van der Waals surface area contributed by atoms with E-state index in [0.717, 1.165) is 34.5 Å². The molecule has 166 valence electrons. The van der Waals surface area contributed by atoms with Crippen molar-refractivity contribution in [3.05, 3.63) is 48.0 Å². The fourth-order valence-corrected chi connectivity index (χ4v) is 3.68. The Morgan fingerprint density at radius 1 is 1.23 bits per heavy atom. The zero-order chi connectivity index (χ0) is 22.8. The van der Waals surface area contributed by atoms with Crippen LogP contribution in [0, 0.1) is 11.8 Å². The maximum Gasteiger partial charge on any atom is 0.306 e. The molecule has 1 heterocycles. The van der Waals surface area contributed by atoms with Crippen LogP contribution in [0.25, 0.3) is 11.1 Å². The molecule has 0 aliphatic carbocycles. The van der Waals surface area contributed by atoms with Crippen LogP contribution in [0.5, 0.6) is 0 Å². The lowest BCUT2D eigenvalue weighted by atomic mass is 9.86. The molecule has 0 amide bonds. The zero-order valence-corrected chi connectivity index (χ0v) is 19.3. The van der Waals surface area contributed by atoms with Crippen molar-refractivity contribution in [3.8, 4) is 0 Å². The number of carboxylic acids is 1. The average molecular weight is 424 g/mol. The van der Waals surface area contributed by atoms with Crippen molar-refractivity contribution in [2.75, 3.05) is 17.3 Å². The molecule has 0 saturated heterocycles. The lowest BCUT2D eigenvalue weighted by Crippen LogP contribution is -2.38. The van der Waals surface area contributed by atoms with Crippen LogP contribution in [-0.2, 0) is 11.2 Å². The number of carbonyl (C=O) groups is 1. The van der Waals surface area contributed by atoms with Gasteiger partial charge in [0, 0.05) is 12.6 Å². The normalized spacial score (nSPS) is 13.7. The van der Waals surface area contributed by atoms with Crippen LogP contribution >= 0.6 is 0 Å². The van der Waals surface area contributed by atoms with Gasteiger partial charge in [-0.25, -0.2) is 0 Å². The minimum Gasteiger partial charge on any atom is -0.481 e. The number of para-hydroxylation sites is 2. The topological polar surface area (TPSA) is 78.6 Å². The number of carboxylic acid groups (broad SMARTS) is 1. The first-order chi connectivity index (χ1) is 14.6. The third-order valence-corrected chi connectivity index (χ3v) is 6.08. The number of aromatic nitrogens is 1. The maximum atomic E-state index is 11.5. The van der Waals surface area contributed by atoms with E-state index in [1.54, 1.807) is 6.92 Å². The highest BCUT2D eigenvalue weighted by Gasteiger charge is 2.24. The number of nitrogens with one attached hydrogen (secondary N) is 1. The summed E-state index contributed by atoms with van der Waals surface area (Å²) in [7, 11) is 2.06. The molecule has 6 nitrogen and oxygen atoms in total. The molecule has 3 rings (SSSR count). The van der Waals surface area contributed by atoms with Crippen LogP contribution in [0.1, 0.15) is 46.6 Å². The summed E-state index contributed by atoms with van der Waals surface area (Å²) in [6, 6.07) is 14.4. The molecule has 2 N–H and O–H groups in total. The highest BCUT2D eigenvalue weighted by molar-refractivity contribution is 5.78. The van der Waals surface area contributed by atoms with Crippen LogP contribution < -0.4 is 10.2 Å². The molecular formula is C25H33N3O3. The third kappa shape index (κ3) is 5.19. The lowest BCUT2D eigenvalue weighted by Gasteiger charge is -2.35. The molecule has 0 aliphatic heterocycles. The van der Waals surface area contributed by atoms with E-state index in [0.29, 0.717) is 12.4 Å². The van der Waals surface area contributed by atoms with Gasteiger partial charge < -0.3 is 19.7 Å². The SMILES string of the molecule is CCC(Cc1ccc(N(C)C(C)(C)C)c(Nc2nc3ccccc3o2)c1)C(C)C(=O)O. The van der Waals surface area contributed by atoms with E-state index in [9.17, 15) is 9.90 Å². The fraction of sp³-hybridized carbons (Fsp3) is 0.440. The molecule has 2 unspecified atom stereocenters. The quantitative estimate of drug-likeness (QED) is 0.456. The van der Waals surface area contributed by atoms with Gasteiger partial charge in [-0.3, -0.25) is 4.79 Å². The number of rotatable bonds is 8. The van der Waals surface area contributed by atoms with Gasteiger partial charge in [-0.05, 0) is 62.9 Å². The summed E-state index contributed by atoms with van der Waals surface area (Å²) in [5.41, 5.74) is 4.45. The molecule has 0 bridgehead atoms. The van der Waals surface area contributed by atoms with E-state index < -0.39 is 11.9 Å². The summed E-state index contributed by atoms with van der Waals surface area (Å²) in [4.78, 5) is 18.3. The smallest absolute Gasteiger partial charge is 0.306 e. The Morgan fingerprint density at radius 2 is 1.94 bits per heavy atom. The molecule has 0 saturated carbocycles.